The van der Waals surface area contributed by atoms with Crippen molar-refractivity contribution < 1.29 is 9.59 Å². The third-order valence-electron chi connectivity index (χ3n) is 1.71. The van der Waals surface area contributed by atoms with Gasteiger partial charge in [-0.1, -0.05) is 0 Å². The van der Waals surface area contributed by atoms with E-state index in [9.17, 15) is 9.59 Å². The highest BCUT2D eigenvalue weighted by Gasteiger charge is 2.06. The summed E-state index contributed by atoms with van der Waals surface area (Å²) in [6, 6.07) is 3.11. The van der Waals surface area contributed by atoms with Crippen molar-refractivity contribution in [2.75, 3.05) is 0 Å². The normalized spacial score (nSPS) is 11.8. The van der Waals surface area contributed by atoms with Gasteiger partial charge in [0.15, 0.2) is 0 Å². The van der Waals surface area contributed by atoms with Crippen LogP contribution in [-0.4, -0.2) is 23.2 Å². The van der Waals surface area contributed by atoms with E-state index in [0.29, 0.717) is 6.29 Å². The average Bonchev–Trinajstić information content (AvgIpc) is 2.19. The van der Waals surface area contributed by atoms with Gasteiger partial charge < -0.3 is 10.1 Å². The van der Waals surface area contributed by atoms with Crippen molar-refractivity contribution in [2.24, 2.45) is 0 Å². The van der Waals surface area contributed by atoms with E-state index in [0.717, 1.165) is 5.56 Å². The number of aromatic nitrogens is 1. The van der Waals surface area contributed by atoms with Crippen molar-refractivity contribution in [1.29, 1.82) is 0 Å². The molecule has 0 fully saturated rings. The minimum atomic E-state index is -0.427. The second-order valence-electron chi connectivity index (χ2n) is 3.02. The molecule has 1 atom stereocenters. The van der Waals surface area contributed by atoms with E-state index in [4.69, 9.17) is 0 Å². The van der Waals surface area contributed by atoms with Crippen molar-refractivity contribution >= 4 is 12.2 Å². The molecule has 1 aromatic rings. The molecule has 4 nitrogen and oxygen atoms in total. The molecule has 0 aliphatic heterocycles. The Morgan fingerprint density at radius 1 is 1.57 bits per heavy atom. The Kier molecular flexibility index (Phi) is 3.79. The SMILES string of the molecule is C[C@@H](C=O)NC(=O)Cc1ccncc1. The number of hydrogen-bond donors (Lipinski definition) is 1. The highest BCUT2D eigenvalue weighted by Crippen LogP contribution is 1.97. The summed E-state index contributed by atoms with van der Waals surface area (Å²) in [6.07, 6.45) is 4.24. The van der Waals surface area contributed by atoms with Gasteiger partial charge in [0.2, 0.25) is 5.91 Å². The summed E-state index contributed by atoms with van der Waals surface area (Å²) in [5, 5.41) is 2.55. The fourth-order valence-electron chi connectivity index (χ4n) is 1.03. The Morgan fingerprint density at radius 3 is 2.79 bits per heavy atom. The molecule has 0 unspecified atom stereocenters. The maximum Gasteiger partial charge on any atom is 0.224 e. The van der Waals surface area contributed by atoms with Crippen LogP contribution in [0.1, 0.15) is 12.5 Å². The Bertz CT molecular complexity index is 311. The van der Waals surface area contributed by atoms with E-state index in [-0.39, 0.29) is 12.3 Å². The highest BCUT2D eigenvalue weighted by atomic mass is 16.2. The maximum absolute atomic E-state index is 11.3. The summed E-state index contributed by atoms with van der Waals surface area (Å²) in [5.74, 6) is -0.157. The molecule has 0 spiro atoms. The molecule has 1 N–H and O–H groups in total. The van der Waals surface area contributed by atoms with Crippen molar-refractivity contribution in [3.8, 4) is 0 Å². The second kappa shape index (κ2) is 5.11. The number of carbonyl (C=O) groups excluding carboxylic acids is 2. The van der Waals surface area contributed by atoms with E-state index in [1.165, 1.54) is 0 Å². The molecule has 1 rings (SSSR count). The smallest absolute Gasteiger partial charge is 0.224 e. The third kappa shape index (κ3) is 3.35. The number of pyridine rings is 1. The van der Waals surface area contributed by atoms with Gasteiger partial charge in [-0.3, -0.25) is 9.78 Å². The van der Waals surface area contributed by atoms with Gasteiger partial charge in [-0.05, 0) is 24.6 Å². The molecule has 4 heteroatoms. The number of nitrogens with one attached hydrogen (secondary N) is 1. The van der Waals surface area contributed by atoms with Crippen LogP contribution in [0.5, 0.6) is 0 Å². The zero-order valence-electron chi connectivity index (χ0n) is 7.93. The lowest BCUT2D eigenvalue weighted by Gasteiger charge is -2.06. The minimum Gasteiger partial charge on any atom is -0.347 e. The van der Waals surface area contributed by atoms with Gasteiger partial charge in [0.25, 0.3) is 0 Å². The predicted molar refractivity (Wildman–Crippen MR) is 51.6 cm³/mol. The summed E-state index contributed by atoms with van der Waals surface area (Å²) >= 11 is 0. The van der Waals surface area contributed by atoms with Gasteiger partial charge in [-0.25, -0.2) is 0 Å². The van der Waals surface area contributed by atoms with Crippen LogP contribution in [0, 0.1) is 0 Å². The number of nitrogens with zero attached hydrogens (tertiary/aromatic N) is 1. The van der Waals surface area contributed by atoms with Crippen LogP contribution in [0.3, 0.4) is 0 Å². The molecular weight excluding hydrogens is 180 g/mol. The first-order valence-corrected chi connectivity index (χ1v) is 4.36. The first kappa shape index (κ1) is 10.4. The summed E-state index contributed by atoms with van der Waals surface area (Å²) in [4.78, 5) is 25.4. The van der Waals surface area contributed by atoms with Crippen LogP contribution >= 0.6 is 0 Å². The van der Waals surface area contributed by atoms with E-state index in [2.05, 4.69) is 10.3 Å². The number of amides is 1. The summed E-state index contributed by atoms with van der Waals surface area (Å²) in [5.41, 5.74) is 0.885. The van der Waals surface area contributed by atoms with Crippen molar-refractivity contribution in [2.45, 2.75) is 19.4 Å². The van der Waals surface area contributed by atoms with Crippen LogP contribution in [0.4, 0.5) is 0 Å². The third-order valence-corrected chi connectivity index (χ3v) is 1.71. The van der Waals surface area contributed by atoms with Crippen LogP contribution in [0.15, 0.2) is 24.5 Å². The van der Waals surface area contributed by atoms with Crippen LogP contribution in [-0.2, 0) is 16.0 Å². The first-order valence-electron chi connectivity index (χ1n) is 4.36. The maximum atomic E-state index is 11.3. The Labute approximate surface area is 82.3 Å². The summed E-state index contributed by atoms with van der Waals surface area (Å²) < 4.78 is 0. The Morgan fingerprint density at radius 2 is 2.21 bits per heavy atom. The fraction of sp³-hybridized carbons (Fsp3) is 0.300. The minimum absolute atomic E-state index is 0.157. The van der Waals surface area contributed by atoms with Crippen LogP contribution in [0.2, 0.25) is 0 Å². The molecule has 0 saturated carbocycles. The monoisotopic (exact) mass is 192 g/mol. The lowest BCUT2D eigenvalue weighted by atomic mass is 10.2. The molecule has 0 aliphatic rings. The van der Waals surface area contributed by atoms with Gasteiger partial charge in [0, 0.05) is 12.4 Å². The Balaban J connectivity index is 2.46. The molecule has 0 aliphatic carbocycles. The lowest BCUT2D eigenvalue weighted by molar-refractivity contribution is -0.123. The molecule has 0 aromatic carbocycles. The van der Waals surface area contributed by atoms with Crippen molar-refractivity contribution in [1.82, 2.24) is 10.3 Å². The van der Waals surface area contributed by atoms with Crippen LogP contribution < -0.4 is 5.32 Å². The average molecular weight is 192 g/mol. The molecule has 1 heterocycles. The van der Waals surface area contributed by atoms with E-state index in [1.54, 1.807) is 31.5 Å². The highest BCUT2D eigenvalue weighted by molar-refractivity contribution is 5.81. The number of aldehydes is 1. The molecular formula is C10H12N2O2. The van der Waals surface area contributed by atoms with E-state index in [1.807, 2.05) is 0 Å². The summed E-state index contributed by atoms with van der Waals surface area (Å²) in [6.45, 7) is 1.64. The number of rotatable bonds is 4. The number of carbonyl (C=O) groups is 2. The summed E-state index contributed by atoms with van der Waals surface area (Å²) in [7, 11) is 0. The largest absolute Gasteiger partial charge is 0.347 e. The predicted octanol–water partition coefficient (Wildman–Crippen LogP) is 0.328. The molecule has 74 valence electrons. The van der Waals surface area contributed by atoms with Gasteiger partial charge >= 0.3 is 0 Å². The van der Waals surface area contributed by atoms with Crippen LogP contribution in [0.25, 0.3) is 0 Å². The Hall–Kier alpha value is -1.71. The van der Waals surface area contributed by atoms with Gasteiger partial charge in [0.05, 0.1) is 12.5 Å². The van der Waals surface area contributed by atoms with Crippen molar-refractivity contribution in [3.05, 3.63) is 30.1 Å². The molecule has 1 aromatic heterocycles. The topological polar surface area (TPSA) is 59.1 Å². The van der Waals surface area contributed by atoms with Crippen molar-refractivity contribution in [3.63, 3.8) is 0 Å². The number of hydrogen-bond acceptors (Lipinski definition) is 3. The molecule has 0 radical (unpaired) electrons. The van der Waals surface area contributed by atoms with E-state index >= 15 is 0 Å². The zero-order valence-corrected chi connectivity index (χ0v) is 7.93. The first-order chi connectivity index (χ1) is 6.72. The molecule has 0 saturated heterocycles. The van der Waals surface area contributed by atoms with E-state index < -0.39 is 6.04 Å². The molecule has 0 bridgehead atoms. The molecule has 1 amide bonds. The standard InChI is InChI=1S/C10H12N2O2/c1-8(7-13)12-10(14)6-9-2-4-11-5-3-9/h2-5,7-8H,6H2,1H3,(H,12,14)/t8-/m0/s1. The van der Waals surface area contributed by atoms with Gasteiger partial charge in [-0.2, -0.15) is 0 Å². The van der Waals surface area contributed by atoms with Gasteiger partial charge in [-0.15, -0.1) is 0 Å². The zero-order chi connectivity index (χ0) is 10.4. The second-order valence-corrected chi connectivity index (χ2v) is 3.02. The lowest BCUT2D eigenvalue weighted by Crippen LogP contribution is -2.34. The quantitative estimate of drug-likeness (QED) is 0.699. The fourth-order valence-corrected chi connectivity index (χ4v) is 1.03. The van der Waals surface area contributed by atoms with Gasteiger partial charge in [0.1, 0.15) is 6.29 Å². The molecule has 14 heavy (non-hydrogen) atoms.